The third-order valence-electron chi connectivity index (χ3n) is 4.15. The number of esters is 1. The maximum absolute atomic E-state index is 12.3. The van der Waals surface area contributed by atoms with Crippen molar-refractivity contribution < 1.29 is 23.8 Å². The van der Waals surface area contributed by atoms with Crippen molar-refractivity contribution >= 4 is 17.6 Å². The van der Waals surface area contributed by atoms with E-state index >= 15 is 0 Å². The molecule has 1 unspecified atom stereocenters. The Kier molecular flexibility index (Phi) is 7.44. The lowest BCUT2D eigenvalue weighted by atomic mass is 10.2. The van der Waals surface area contributed by atoms with Crippen LogP contribution in [0.1, 0.15) is 12.5 Å². The lowest BCUT2D eigenvalue weighted by molar-refractivity contribution is -0.155. The molecule has 1 amide bonds. The maximum Gasteiger partial charge on any atom is 0.344 e. The molecule has 0 aliphatic heterocycles. The van der Waals surface area contributed by atoms with Gasteiger partial charge in [0.15, 0.2) is 12.7 Å². The number of para-hydroxylation sites is 1. The largest absolute Gasteiger partial charge is 0.489 e. The molecule has 1 atom stereocenters. The predicted octanol–water partition coefficient (Wildman–Crippen LogP) is 4.21. The van der Waals surface area contributed by atoms with Crippen molar-refractivity contribution in [3.05, 3.63) is 90.5 Å². The first kappa shape index (κ1) is 20.9. The van der Waals surface area contributed by atoms with Gasteiger partial charge in [0.1, 0.15) is 18.1 Å². The molecule has 0 aromatic heterocycles. The summed E-state index contributed by atoms with van der Waals surface area (Å²) in [5.74, 6) is 0.197. The number of benzene rings is 3. The van der Waals surface area contributed by atoms with E-state index in [4.69, 9.17) is 14.2 Å². The van der Waals surface area contributed by atoms with Gasteiger partial charge >= 0.3 is 5.97 Å². The minimum absolute atomic E-state index is 0.269. The molecule has 0 fully saturated rings. The van der Waals surface area contributed by atoms with Crippen LogP contribution in [-0.2, 0) is 20.9 Å². The lowest BCUT2D eigenvalue weighted by Gasteiger charge is -2.14. The Hall–Kier alpha value is -3.80. The van der Waals surface area contributed by atoms with Crippen LogP contribution >= 0.6 is 0 Å². The SMILES string of the molecule is CC(OC(=O)COc1ccccc1)C(=O)Nc1ccc(OCc2ccccc2)cc1. The molecule has 154 valence electrons. The highest BCUT2D eigenvalue weighted by Gasteiger charge is 2.18. The molecule has 0 heterocycles. The highest BCUT2D eigenvalue weighted by Crippen LogP contribution is 2.17. The molecular weight excluding hydrogens is 382 g/mol. The summed E-state index contributed by atoms with van der Waals surface area (Å²) in [6.45, 7) is 1.70. The van der Waals surface area contributed by atoms with E-state index in [1.807, 2.05) is 36.4 Å². The molecule has 1 N–H and O–H groups in total. The van der Waals surface area contributed by atoms with Crippen molar-refractivity contribution in [2.75, 3.05) is 11.9 Å². The number of hydrogen-bond acceptors (Lipinski definition) is 5. The molecule has 0 bridgehead atoms. The van der Waals surface area contributed by atoms with E-state index in [9.17, 15) is 9.59 Å². The number of rotatable bonds is 9. The Morgan fingerprint density at radius 2 is 1.40 bits per heavy atom. The maximum atomic E-state index is 12.3. The molecule has 3 aromatic carbocycles. The minimum atomic E-state index is -0.953. The van der Waals surface area contributed by atoms with Crippen LogP contribution in [0.4, 0.5) is 5.69 Å². The molecule has 3 aromatic rings. The summed E-state index contributed by atoms with van der Waals surface area (Å²) in [4.78, 5) is 24.1. The number of carbonyl (C=O) groups is 2. The number of ether oxygens (including phenoxy) is 3. The van der Waals surface area contributed by atoms with Gasteiger partial charge < -0.3 is 19.5 Å². The van der Waals surface area contributed by atoms with Crippen LogP contribution in [0.5, 0.6) is 11.5 Å². The zero-order valence-electron chi connectivity index (χ0n) is 16.6. The number of carbonyl (C=O) groups excluding carboxylic acids is 2. The van der Waals surface area contributed by atoms with Crippen molar-refractivity contribution in [1.82, 2.24) is 0 Å². The molecule has 0 radical (unpaired) electrons. The summed E-state index contributed by atoms with van der Waals surface area (Å²) in [5, 5.41) is 2.71. The number of nitrogens with one attached hydrogen (secondary N) is 1. The average Bonchev–Trinajstić information content (AvgIpc) is 2.78. The van der Waals surface area contributed by atoms with Crippen molar-refractivity contribution in [2.24, 2.45) is 0 Å². The second-order valence-electron chi connectivity index (χ2n) is 6.52. The molecule has 30 heavy (non-hydrogen) atoms. The Morgan fingerprint density at radius 3 is 2.07 bits per heavy atom. The molecular formula is C24H23NO5. The van der Waals surface area contributed by atoms with Gasteiger partial charge in [-0.3, -0.25) is 4.79 Å². The Morgan fingerprint density at radius 1 is 0.800 bits per heavy atom. The van der Waals surface area contributed by atoms with Crippen molar-refractivity contribution in [2.45, 2.75) is 19.6 Å². The topological polar surface area (TPSA) is 73.9 Å². The smallest absolute Gasteiger partial charge is 0.344 e. The second kappa shape index (κ2) is 10.7. The van der Waals surface area contributed by atoms with Gasteiger partial charge in [-0.2, -0.15) is 0 Å². The highest BCUT2D eigenvalue weighted by molar-refractivity contribution is 5.95. The molecule has 3 rings (SSSR count). The molecule has 0 saturated heterocycles. The van der Waals surface area contributed by atoms with Gasteiger partial charge in [-0.25, -0.2) is 4.79 Å². The Balaban J connectivity index is 1.42. The zero-order valence-corrected chi connectivity index (χ0v) is 16.6. The van der Waals surface area contributed by atoms with Crippen LogP contribution in [0, 0.1) is 0 Å². The first-order valence-corrected chi connectivity index (χ1v) is 9.55. The number of amides is 1. The van der Waals surface area contributed by atoms with Gasteiger partial charge in [0.2, 0.25) is 0 Å². The van der Waals surface area contributed by atoms with Gasteiger partial charge in [0, 0.05) is 5.69 Å². The predicted molar refractivity (Wildman–Crippen MR) is 113 cm³/mol. The van der Waals surface area contributed by atoms with Crippen LogP contribution in [0.3, 0.4) is 0 Å². The number of anilines is 1. The van der Waals surface area contributed by atoms with Crippen LogP contribution in [0.15, 0.2) is 84.9 Å². The molecule has 6 nitrogen and oxygen atoms in total. The molecule has 0 saturated carbocycles. The first-order chi connectivity index (χ1) is 14.6. The summed E-state index contributed by atoms with van der Waals surface area (Å²) in [5.41, 5.74) is 1.65. The standard InChI is InChI=1S/C24H23NO5/c1-18(30-23(26)17-29-21-10-6-3-7-11-21)24(27)25-20-12-14-22(15-13-20)28-16-19-8-4-2-5-9-19/h2-15,18H,16-17H2,1H3,(H,25,27). The minimum Gasteiger partial charge on any atom is -0.489 e. The van der Waals surface area contributed by atoms with Crippen molar-refractivity contribution in [1.29, 1.82) is 0 Å². The van der Waals surface area contributed by atoms with E-state index < -0.39 is 18.0 Å². The fourth-order valence-electron chi connectivity index (χ4n) is 2.56. The summed E-state index contributed by atoms with van der Waals surface area (Å²) in [6.07, 6.45) is -0.953. The Labute approximate surface area is 175 Å². The molecule has 6 heteroatoms. The van der Waals surface area contributed by atoms with E-state index in [2.05, 4.69) is 5.32 Å². The summed E-state index contributed by atoms with van der Waals surface area (Å²) in [7, 11) is 0. The number of hydrogen-bond donors (Lipinski definition) is 1. The van der Waals surface area contributed by atoms with Gasteiger partial charge in [0.25, 0.3) is 5.91 Å². The van der Waals surface area contributed by atoms with Gasteiger partial charge in [-0.1, -0.05) is 48.5 Å². The second-order valence-corrected chi connectivity index (χ2v) is 6.52. The van der Waals surface area contributed by atoms with E-state index in [0.29, 0.717) is 23.8 Å². The third-order valence-corrected chi connectivity index (χ3v) is 4.15. The summed E-state index contributed by atoms with van der Waals surface area (Å²) in [6, 6.07) is 25.7. The summed E-state index contributed by atoms with van der Waals surface area (Å²) >= 11 is 0. The quantitative estimate of drug-likeness (QED) is 0.540. The van der Waals surface area contributed by atoms with E-state index in [1.54, 1.807) is 48.5 Å². The molecule has 0 aliphatic carbocycles. The van der Waals surface area contributed by atoms with Gasteiger partial charge in [-0.05, 0) is 48.9 Å². The fraction of sp³-hybridized carbons (Fsp3) is 0.167. The lowest BCUT2D eigenvalue weighted by Crippen LogP contribution is -2.31. The highest BCUT2D eigenvalue weighted by atomic mass is 16.6. The van der Waals surface area contributed by atoms with Crippen LogP contribution in [0.2, 0.25) is 0 Å². The van der Waals surface area contributed by atoms with E-state index in [-0.39, 0.29) is 6.61 Å². The molecule has 0 spiro atoms. The van der Waals surface area contributed by atoms with Crippen LogP contribution < -0.4 is 14.8 Å². The average molecular weight is 405 g/mol. The van der Waals surface area contributed by atoms with Crippen molar-refractivity contribution in [3.63, 3.8) is 0 Å². The normalized spacial score (nSPS) is 11.2. The zero-order chi connectivity index (χ0) is 21.2. The monoisotopic (exact) mass is 405 g/mol. The van der Waals surface area contributed by atoms with Gasteiger partial charge in [-0.15, -0.1) is 0 Å². The first-order valence-electron chi connectivity index (χ1n) is 9.55. The van der Waals surface area contributed by atoms with Crippen molar-refractivity contribution in [3.8, 4) is 11.5 Å². The molecule has 0 aliphatic rings. The van der Waals surface area contributed by atoms with E-state index in [1.165, 1.54) is 6.92 Å². The van der Waals surface area contributed by atoms with E-state index in [0.717, 1.165) is 5.56 Å². The van der Waals surface area contributed by atoms with Crippen LogP contribution in [0.25, 0.3) is 0 Å². The van der Waals surface area contributed by atoms with Crippen LogP contribution in [-0.4, -0.2) is 24.6 Å². The fourth-order valence-corrected chi connectivity index (χ4v) is 2.56. The Bertz CT molecular complexity index is 942. The summed E-state index contributed by atoms with van der Waals surface area (Å²) < 4.78 is 16.2. The third kappa shape index (κ3) is 6.67. The van der Waals surface area contributed by atoms with Gasteiger partial charge in [0.05, 0.1) is 0 Å².